The van der Waals surface area contributed by atoms with Gasteiger partial charge in [-0.1, -0.05) is 0 Å². The number of phenolic OH excluding ortho intramolecular Hbond substituents is 1. The second kappa shape index (κ2) is 6.42. The van der Waals surface area contributed by atoms with Crippen molar-refractivity contribution in [3.8, 4) is 11.5 Å². The van der Waals surface area contributed by atoms with Gasteiger partial charge in [0.1, 0.15) is 30.2 Å². The summed E-state index contributed by atoms with van der Waals surface area (Å²) in [5, 5.41) is 58.1. The van der Waals surface area contributed by atoms with E-state index in [0.29, 0.717) is 0 Å². The van der Waals surface area contributed by atoms with Gasteiger partial charge in [-0.3, -0.25) is 10.1 Å². The monoisotopic (exact) mass is 317 g/mol. The fraction of sp³-hybridized carbons (Fsp3) is 0.500. The highest BCUT2D eigenvalue weighted by molar-refractivity contribution is 5.49. The Morgan fingerprint density at radius 2 is 1.91 bits per heavy atom. The average Bonchev–Trinajstić information content (AvgIpc) is 2.49. The zero-order valence-corrected chi connectivity index (χ0v) is 11.1. The molecule has 1 fully saturated rings. The lowest BCUT2D eigenvalue weighted by atomic mass is 9.99. The summed E-state index contributed by atoms with van der Waals surface area (Å²) >= 11 is 0. The second-order valence-electron chi connectivity index (χ2n) is 4.72. The third-order valence-electron chi connectivity index (χ3n) is 3.24. The molecule has 1 aromatic rings. The molecule has 0 aromatic heterocycles. The zero-order chi connectivity index (χ0) is 16.4. The van der Waals surface area contributed by atoms with E-state index in [4.69, 9.17) is 14.6 Å². The van der Waals surface area contributed by atoms with E-state index in [1.165, 1.54) is 6.07 Å². The molecule has 1 aliphatic rings. The largest absolute Gasteiger partial charge is 0.502 e. The standard InChI is InChI=1S/C12H15NO9/c14-4-8-9(16)10(17)11(18)12(22-8)21-5-1-2-7(15)6(3-5)13(19)20/h1-3,8-12,14-18H,4H2/t8-,9+,10+,11-,12?/m1/s1. The number of ether oxygens (including phenoxy) is 2. The van der Waals surface area contributed by atoms with Crippen LogP contribution in [0.2, 0.25) is 0 Å². The molecule has 1 aromatic carbocycles. The van der Waals surface area contributed by atoms with E-state index in [1.807, 2.05) is 0 Å². The number of rotatable bonds is 4. The van der Waals surface area contributed by atoms with E-state index in [2.05, 4.69) is 0 Å². The van der Waals surface area contributed by atoms with Crippen molar-refractivity contribution in [2.24, 2.45) is 0 Å². The van der Waals surface area contributed by atoms with E-state index in [-0.39, 0.29) is 5.75 Å². The smallest absolute Gasteiger partial charge is 0.314 e. The molecule has 0 bridgehead atoms. The lowest BCUT2D eigenvalue weighted by molar-refractivity contribution is -0.386. The summed E-state index contributed by atoms with van der Waals surface area (Å²) in [6.07, 6.45) is -7.40. The molecule has 5 atom stereocenters. The quantitative estimate of drug-likeness (QED) is 0.328. The van der Waals surface area contributed by atoms with Gasteiger partial charge in [0.2, 0.25) is 6.29 Å². The van der Waals surface area contributed by atoms with Crippen molar-refractivity contribution in [2.75, 3.05) is 6.61 Å². The maximum absolute atomic E-state index is 10.7. The first-order chi connectivity index (χ1) is 10.3. The van der Waals surface area contributed by atoms with Gasteiger partial charge < -0.3 is 35.0 Å². The number of aliphatic hydroxyl groups excluding tert-OH is 4. The van der Waals surface area contributed by atoms with Crippen molar-refractivity contribution in [3.63, 3.8) is 0 Å². The lowest BCUT2D eigenvalue weighted by Gasteiger charge is -2.39. The Morgan fingerprint density at radius 1 is 1.23 bits per heavy atom. The van der Waals surface area contributed by atoms with Gasteiger partial charge in [-0.25, -0.2) is 0 Å². The van der Waals surface area contributed by atoms with Crippen LogP contribution in [0.3, 0.4) is 0 Å². The van der Waals surface area contributed by atoms with Gasteiger partial charge in [0.05, 0.1) is 17.6 Å². The van der Waals surface area contributed by atoms with Crippen LogP contribution in [-0.4, -0.2) is 67.8 Å². The van der Waals surface area contributed by atoms with Gasteiger partial charge in [-0.2, -0.15) is 0 Å². The number of benzene rings is 1. The molecule has 0 radical (unpaired) electrons. The van der Waals surface area contributed by atoms with Gasteiger partial charge in [0.25, 0.3) is 0 Å². The van der Waals surface area contributed by atoms with Crippen molar-refractivity contribution < 1.29 is 39.9 Å². The summed E-state index contributed by atoms with van der Waals surface area (Å²) < 4.78 is 10.3. The molecule has 22 heavy (non-hydrogen) atoms. The molecular formula is C12H15NO9. The van der Waals surface area contributed by atoms with Crippen molar-refractivity contribution in [2.45, 2.75) is 30.7 Å². The van der Waals surface area contributed by atoms with Crippen molar-refractivity contribution in [3.05, 3.63) is 28.3 Å². The minimum absolute atomic E-state index is 0.103. The maximum Gasteiger partial charge on any atom is 0.314 e. The summed E-state index contributed by atoms with van der Waals surface area (Å²) in [6, 6.07) is 3.14. The third-order valence-corrected chi connectivity index (χ3v) is 3.24. The Morgan fingerprint density at radius 3 is 2.50 bits per heavy atom. The normalized spacial score (nSPS) is 31.7. The van der Waals surface area contributed by atoms with Gasteiger partial charge in [0.15, 0.2) is 5.75 Å². The van der Waals surface area contributed by atoms with E-state index < -0.39 is 53.7 Å². The van der Waals surface area contributed by atoms with Crippen LogP contribution in [0, 0.1) is 10.1 Å². The number of phenols is 1. The Hall–Kier alpha value is -1.98. The second-order valence-corrected chi connectivity index (χ2v) is 4.72. The highest BCUT2D eigenvalue weighted by atomic mass is 16.7. The highest BCUT2D eigenvalue weighted by Crippen LogP contribution is 2.31. The van der Waals surface area contributed by atoms with Crippen LogP contribution in [0.1, 0.15) is 0 Å². The van der Waals surface area contributed by atoms with Gasteiger partial charge in [-0.15, -0.1) is 0 Å². The first-order valence-electron chi connectivity index (χ1n) is 6.29. The molecular weight excluding hydrogens is 302 g/mol. The molecule has 2 rings (SSSR count). The zero-order valence-electron chi connectivity index (χ0n) is 11.1. The molecule has 1 unspecified atom stereocenters. The summed E-state index contributed by atoms with van der Waals surface area (Å²) in [5.41, 5.74) is -0.609. The Bertz CT molecular complexity index is 549. The first kappa shape index (κ1) is 16.4. The fourth-order valence-electron chi connectivity index (χ4n) is 2.02. The molecule has 1 heterocycles. The molecule has 1 saturated heterocycles. The summed E-state index contributed by atoms with van der Waals surface area (Å²) in [4.78, 5) is 9.90. The number of hydrogen-bond acceptors (Lipinski definition) is 9. The number of nitro benzene ring substituents is 1. The van der Waals surface area contributed by atoms with Crippen molar-refractivity contribution in [1.29, 1.82) is 0 Å². The molecule has 10 nitrogen and oxygen atoms in total. The first-order valence-corrected chi connectivity index (χ1v) is 6.29. The van der Waals surface area contributed by atoms with Crippen LogP contribution in [0.5, 0.6) is 11.5 Å². The number of hydrogen-bond donors (Lipinski definition) is 5. The number of aliphatic hydroxyl groups is 4. The van der Waals surface area contributed by atoms with Crippen LogP contribution in [0.4, 0.5) is 5.69 Å². The summed E-state index contributed by atoms with van der Waals surface area (Å²) in [6.45, 7) is -0.624. The SMILES string of the molecule is O=[N+]([O-])c1cc(OC2O[C@H](CO)[C@H](O)[C@H](O)[C@H]2O)ccc1O. The fourth-order valence-corrected chi connectivity index (χ4v) is 2.02. The lowest BCUT2D eigenvalue weighted by Crippen LogP contribution is -2.60. The van der Waals surface area contributed by atoms with Crippen LogP contribution < -0.4 is 4.74 Å². The Kier molecular flexibility index (Phi) is 4.78. The highest BCUT2D eigenvalue weighted by Gasteiger charge is 2.44. The predicted octanol–water partition coefficient (Wildman–Crippen LogP) is -1.52. The topological polar surface area (TPSA) is 163 Å². The molecule has 122 valence electrons. The van der Waals surface area contributed by atoms with Crippen LogP contribution in [0.25, 0.3) is 0 Å². The van der Waals surface area contributed by atoms with Gasteiger partial charge >= 0.3 is 5.69 Å². The summed E-state index contributed by atoms with van der Waals surface area (Å²) in [7, 11) is 0. The van der Waals surface area contributed by atoms with Crippen molar-refractivity contribution >= 4 is 5.69 Å². The van der Waals surface area contributed by atoms with Crippen LogP contribution in [0.15, 0.2) is 18.2 Å². The Labute approximate surface area is 123 Å². The predicted molar refractivity (Wildman–Crippen MR) is 69.2 cm³/mol. The maximum atomic E-state index is 10.7. The van der Waals surface area contributed by atoms with Crippen LogP contribution in [-0.2, 0) is 4.74 Å². The molecule has 5 N–H and O–H groups in total. The molecule has 0 aliphatic carbocycles. The van der Waals surface area contributed by atoms with Crippen molar-refractivity contribution in [1.82, 2.24) is 0 Å². The minimum atomic E-state index is -1.63. The number of aromatic hydroxyl groups is 1. The minimum Gasteiger partial charge on any atom is -0.502 e. The molecule has 10 heteroatoms. The summed E-state index contributed by atoms with van der Waals surface area (Å²) in [5.74, 6) is -0.667. The van der Waals surface area contributed by atoms with E-state index >= 15 is 0 Å². The third kappa shape index (κ3) is 3.10. The molecule has 0 saturated carbocycles. The number of nitrogens with zero attached hydrogens (tertiary/aromatic N) is 1. The molecule has 1 aliphatic heterocycles. The van der Waals surface area contributed by atoms with E-state index in [9.17, 15) is 30.5 Å². The van der Waals surface area contributed by atoms with Crippen LogP contribution >= 0.6 is 0 Å². The molecule has 0 amide bonds. The van der Waals surface area contributed by atoms with Gasteiger partial charge in [-0.05, 0) is 12.1 Å². The van der Waals surface area contributed by atoms with E-state index in [0.717, 1.165) is 12.1 Å². The molecule has 0 spiro atoms. The number of nitro groups is 1. The Balaban J connectivity index is 2.19. The average molecular weight is 317 g/mol. The van der Waals surface area contributed by atoms with Gasteiger partial charge in [0, 0.05) is 0 Å². The van der Waals surface area contributed by atoms with E-state index in [1.54, 1.807) is 0 Å².